The molecule has 4 amide bonds. The number of anilines is 2. The number of thiophene rings is 2. The highest BCUT2D eigenvalue weighted by Gasteiger charge is 2.36. The Morgan fingerprint density at radius 1 is 0.696 bits per heavy atom. The van der Waals surface area contributed by atoms with Gasteiger partial charge in [-0.2, -0.15) is 0 Å². The molecule has 0 bridgehead atoms. The zero-order valence-electron chi connectivity index (χ0n) is 27.7. The Bertz CT molecular complexity index is 1560. The van der Waals surface area contributed by atoms with Crippen LogP contribution in [0.4, 0.5) is 10.0 Å². The van der Waals surface area contributed by atoms with Gasteiger partial charge in [-0.25, -0.2) is 0 Å². The molecule has 0 fully saturated rings. The van der Waals surface area contributed by atoms with Crippen molar-refractivity contribution in [3.8, 4) is 0 Å². The summed E-state index contributed by atoms with van der Waals surface area (Å²) in [6.45, 7) is 13.5. The fourth-order valence-electron chi connectivity index (χ4n) is 6.90. The van der Waals surface area contributed by atoms with E-state index in [-0.39, 0.29) is 22.6 Å². The molecule has 6 N–H and O–H groups in total. The molecule has 0 saturated heterocycles. The quantitative estimate of drug-likeness (QED) is 0.177. The van der Waals surface area contributed by atoms with Crippen LogP contribution < -0.4 is 22.1 Å². The topological polar surface area (TPSA) is 144 Å². The van der Waals surface area contributed by atoms with Crippen LogP contribution in [-0.4, -0.2) is 23.6 Å². The summed E-state index contributed by atoms with van der Waals surface area (Å²) in [5.74, 6) is -0.854. The van der Waals surface area contributed by atoms with Gasteiger partial charge < -0.3 is 22.1 Å². The van der Waals surface area contributed by atoms with Crippen LogP contribution in [0.1, 0.15) is 130 Å². The van der Waals surface area contributed by atoms with Crippen molar-refractivity contribution in [2.24, 2.45) is 34.1 Å². The molecule has 2 atom stereocenters. The number of carbonyl (C=O) groups is 4. The molecule has 46 heavy (non-hydrogen) atoms. The maximum atomic E-state index is 13.3. The normalized spacial score (nSPS) is 18.0. The number of primary amides is 2. The Morgan fingerprint density at radius 3 is 1.35 bits per heavy atom. The van der Waals surface area contributed by atoms with E-state index < -0.39 is 11.8 Å². The number of amides is 4. The summed E-state index contributed by atoms with van der Waals surface area (Å²) >= 11 is 2.87. The molecule has 5 rings (SSSR count). The minimum Gasteiger partial charge on any atom is -0.365 e. The van der Waals surface area contributed by atoms with Crippen molar-refractivity contribution in [2.75, 3.05) is 10.6 Å². The highest BCUT2D eigenvalue weighted by molar-refractivity contribution is 7.17. The van der Waals surface area contributed by atoms with Crippen molar-refractivity contribution >= 4 is 56.3 Å². The molecule has 2 heterocycles. The molecule has 10 heteroatoms. The van der Waals surface area contributed by atoms with Gasteiger partial charge in [0.25, 0.3) is 23.6 Å². The second kappa shape index (κ2) is 13.0. The molecule has 246 valence electrons. The van der Waals surface area contributed by atoms with Crippen LogP contribution in [0.2, 0.25) is 0 Å². The molecule has 2 aromatic heterocycles. The fraction of sp³-hybridized carbons (Fsp3) is 0.500. The zero-order valence-corrected chi connectivity index (χ0v) is 29.4. The van der Waals surface area contributed by atoms with Gasteiger partial charge >= 0.3 is 0 Å². The monoisotopic (exact) mass is 662 g/mol. The van der Waals surface area contributed by atoms with Crippen molar-refractivity contribution in [1.82, 2.24) is 0 Å². The predicted octanol–water partition coefficient (Wildman–Crippen LogP) is 7.59. The van der Waals surface area contributed by atoms with E-state index in [2.05, 4.69) is 52.2 Å². The predicted molar refractivity (Wildman–Crippen MR) is 187 cm³/mol. The standard InChI is InChI=1S/C36H46N4O4S2/c1-7-35(3,4)21-13-15-23-25(17-21)45-33(27(23)29(37)41)39-31(43)19-9-11-20(12-10-19)32(44)40-34-28(30(38)42)24-16-14-22(18-26(24)46-34)36(5,6)8-2/h9-12,21-22H,7-8,13-18H2,1-6H3,(H2,37,41)(H2,38,42)(H,39,43)(H,40,44). The van der Waals surface area contributed by atoms with Gasteiger partial charge in [-0.15, -0.1) is 22.7 Å². The van der Waals surface area contributed by atoms with Gasteiger partial charge in [0, 0.05) is 20.9 Å². The summed E-state index contributed by atoms with van der Waals surface area (Å²) in [7, 11) is 0. The number of nitrogens with one attached hydrogen (secondary N) is 2. The van der Waals surface area contributed by atoms with Crippen LogP contribution >= 0.6 is 22.7 Å². The van der Waals surface area contributed by atoms with E-state index in [0.29, 0.717) is 44.1 Å². The summed E-state index contributed by atoms with van der Waals surface area (Å²) in [6.07, 6.45) is 7.35. The van der Waals surface area contributed by atoms with Crippen LogP contribution in [0.25, 0.3) is 0 Å². The molecule has 0 spiro atoms. The van der Waals surface area contributed by atoms with E-state index in [0.717, 1.165) is 72.2 Å². The highest BCUT2D eigenvalue weighted by Crippen LogP contribution is 2.47. The van der Waals surface area contributed by atoms with Gasteiger partial charge in [0.05, 0.1) is 11.1 Å². The first kappa shape index (κ1) is 33.9. The second-order valence-electron chi connectivity index (χ2n) is 14.2. The lowest BCUT2D eigenvalue weighted by molar-refractivity contribution is 0.0988. The third kappa shape index (κ3) is 6.51. The van der Waals surface area contributed by atoms with Crippen LogP contribution in [-0.2, 0) is 25.7 Å². The molecule has 0 saturated carbocycles. The van der Waals surface area contributed by atoms with Gasteiger partial charge in [-0.3, -0.25) is 19.2 Å². The van der Waals surface area contributed by atoms with Gasteiger partial charge in [0.2, 0.25) is 0 Å². The highest BCUT2D eigenvalue weighted by atomic mass is 32.1. The van der Waals surface area contributed by atoms with E-state index in [9.17, 15) is 19.2 Å². The average molecular weight is 663 g/mol. The summed E-state index contributed by atoms with van der Waals surface area (Å²) in [4.78, 5) is 53.8. The molecule has 8 nitrogen and oxygen atoms in total. The fourth-order valence-corrected chi connectivity index (χ4v) is 9.56. The molecular weight excluding hydrogens is 617 g/mol. The van der Waals surface area contributed by atoms with Crippen molar-refractivity contribution in [1.29, 1.82) is 0 Å². The van der Waals surface area contributed by atoms with Crippen LogP contribution in [0.3, 0.4) is 0 Å². The Balaban J connectivity index is 1.30. The summed E-state index contributed by atoms with van der Waals surface area (Å²) < 4.78 is 0. The number of rotatable bonds is 10. The van der Waals surface area contributed by atoms with Gasteiger partial charge in [-0.1, -0.05) is 54.4 Å². The maximum Gasteiger partial charge on any atom is 0.256 e. The lowest BCUT2D eigenvalue weighted by Crippen LogP contribution is -2.29. The van der Waals surface area contributed by atoms with Crippen LogP contribution in [0.5, 0.6) is 0 Å². The van der Waals surface area contributed by atoms with Crippen molar-refractivity contribution in [3.05, 3.63) is 67.4 Å². The first-order valence-electron chi connectivity index (χ1n) is 16.3. The number of benzene rings is 1. The molecule has 2 unspecified atom stereocenters. The lowest BCUT2D eigenvalue weighted by Gasteiger charge is -2.36. The van der Waals surface area contributed by atoms with Gasteiger partial charge in [-0.05, 0) is 96.6 Å². The van der Waals surface area contributed by atoms with Gasteiger partial charge in [0.1, 0.15) is 10.0 Å². The van der Waals surface area contributed by atoms with Crippen molar-refractivity contribution < 1.29 is 19.2 Å². The van der Waals surface area contributed by atoms with Crippen LogP contribution in [0.15, 0.2) is 24.3 Å². The van der Waals surface area contributed by atoms with Crippen molar-refractivity contribution in [3.63, 3.8) is 0 Å². The first-order valence-corrected chi connectivity index (χ1v) is 17.9. The molecule has 0 radical (unpaired) electrons. The molecule has 0 aliphatic heterocycles. The van der Waals surface area contributed by atoms with E-state index in [1.165, 1.54) is 22.7 Å². The summed E-state index contributed by atoms with van der Waals surface area (Å²) in [5.41, 5.74) is 15.4. The van der Waals surface area contributed by atoms with E-state index >= 15 is 0 Å². The minimum atomic E-state index is -0.539. The molecule has 1 aromatic carbocycles. The number of nitrogens with two attached hydrogens (primary N) is 2. The average Bonchev–Trinajstić information content (AvgIpc) is 3.57. The number of fused-ring (bicyclic) bond motifs is 2. The number of hydrogen-bond acceptors (Lipinski definition) is 6. The minimum absolute atomic E-state index is 0.186. The van der Waals surface area contributed by atoms with Crippen LogP contribution in [0, 0.1) is 22.7 Å². The Labute approximate surface area is 279 Å². The lowest BCUT2D eigenvalue weighted by atomic mass is 9.69. The second-order valence-corrected chi connectivity index (χ2v) is 16.4. The van der Waals surface area contributed by atoms with E-state index in [1.807, 2.05) is 0 Å². The molecular formula is C36H46N4O4S2. The SMILES string of the molecule is CCC(C)(C)C1CCc2c(sc(NC(=O)c3ccc(C(=O)Nc4sc5c(c4C(N)=O)CCC(C(C)(C)CC)C5)cc3)c2C(N)=O)C1. The molecule has 2 aliphatic carbocycles. The Hall–Kier alpha value is -3.50. The Kier molecular flexibility index (Phi) is 9.53. The molecule has 3 aromatic rings. The largest absolute Gasteiger partial charge is 0.365 e. The summed E-state index contributed by atoms with van der Waals surface area (Å²) in [5, 5.41) is 6.78. The number of carbonyl (C=O) groups excluding carboxylic acids is 4. The maximum absolute atomic E-state index is 13.3. The molecule has 2 aliphatic rings. The third-order valence-corrected chi connectivity index (χ3v) is 13.3. The zero-order chi connectivity index (χ0) is 33.6. The third-order valence-electron chi connectivity index (χ3n) is 10.9. The Morgan fingerprint density at radius 2 is 1.04 bits per heavy atom. The summed E-state index contributed by atoms with van der Waals surface area (Å²) in [6, 6.07) is 6.31. The smallest absolute Gasteiger partial charge is 0.256 e. The van der Waals surface area contributed by atoms with Crippen molar-refractivity contribution in [2.45, 2.75) is 92.9 Å². The number of hydrogen-bond donors (Lipinski definition) is 4. The van der Waals surface area contributed by atoms with E-state index in [1.54, 1.807) is 24.3 Å². The first-order chi connectivity index (χ1) is 21.7. The van der Waals surface area contributed by atoms with E-state index in [4.69, 9.17) is 11.5 Å². The van der Waals surface area contributed by atoms with Gasteiger partial charge in [0.15, 0.2) is 0 Å².